The molecule has 0 bridgehead atoms. The summed E-state index contributed by atoms with van der Waals surface area (Å²) in [5, 5.41) is 2.67. The summed E-state index contributed by atoms with van der Waals surface area (Å²) in [6.07, 6.45) is 0. The Hall–Kier alpha value is -2.39. The molecule has 0 atom stereocenters. The van der Waals surface area contributed by atoms with Crippen LogP contribution in [0.5, 0.6) is 0 Å². The van der Waals surface area contributed by atoms with Gasteiger partial charge in [0.1, 0.15) is 4.90 Å². The van der Waals surface area contributed by atoms with Crippen molar-refractivity contribution in [3.63, 3.8) is 0 Å². The maximum absolute atomic E-state index is 13.8. The molecule has 0 spiro atoms. The lowest BCUT2D eigenvalue weighted by molar-refractivity contribution is 0.432. The molecule has 3 rings (SSSR count). The molecule has 0 amide bonds. The van der Waals surface area contributed by atoms with E-state index in [9.17, 15) is 21.6 Å². The highest BCUT2D eigenvalue weighted by Gasteiger charge is 2.24. The fourth-order valence-corrected chi connectivity index (χ4v) is 3.91. The molecule has 4 nitrogen and oxygen atoms in total. The SMILES string of the molecule is Cc1nc(-c2cccc(NS(=O)(=O)c3ccc(F)c(F)c3F)c2)cs1. The van der Waals surface area contributed by atoms with E-state index in [0.29, 0.717) is 23.4 Å². The van der Waals surface area contributed by atoms with Crippen molar-refractivity contribution in [2.24, 2.45) is 0 Å². The number of thiazole rings is 1. The quantitative estimate of drug-likeness (QED) is 0.681. The number of halogens is 3. The first-order valence-electron chi connectivity index (χ1n) is 6.97. The molecule has 0 unspecified atom stereocenters. The number of aryl methyl sites for hydroxylation is 1. The minimum Gasteiger partial charge on any atom is -0.280 e. The Morgan fingerprint density at radius 3 is 2.52 bits per heavy atom. The van der Waals surface area contributed by atoms with E-state index in [2.05, 4.69) is 9.71 Å². The van der Waals surface area contributed by atoms with Gasteiger partial charge < -0.3 is 0 Å². The van der Waals surface area contributed by atoms with Crippen molar-refractivity contribution in [3.05, 3.63) is 64.2 Å². The van der Waals surface area contributed by atoms with Gasteiger partial charge in [0.25, 0.3) is 10.0 Å². The number of anilines is 1. The average molecular weight is 384 g/mol. The van der Waals surface area contributed by atoms with E-state index in [0.717, 1.165) is 5.01 Å². The van der Waals surface area contributed by atoms with Crippen LogP contribution in [0.25, 0.3) is 11.3 Å². The zero-order valence-corrected chi connectivity index (χ0v) is 14.4. The smallest absolute Gasteiger partial charge is 0.264 e. The molecule has 0 radical (unpaired) electrons. The number of nitrogens with one attached hydrogen (secondary N) is 1. The van der Waals surface area contributed by atoms with Crippen molar-refractivity contribution in [3.8, 4) is 11.3 Å². The van der Waals surface area contributed by atoms with Crippen LogP contribution in [0.1, 0.15) is 5.01 Å². The highest BCUT2D eigenvalue weighted by molar-refractivity contribution is 7.92. The molecule has 9 heteroatoms. The van der Waals surface area contributed by atoms with Crippen molar-refractivity contribution < 1.29 is 21.6 Å². The van der Waals surface area contributed by atoms with Gasteiger partial charge in [0, 0.05) is 16.6 Å². The molecule has 2 aromatic carbocycles. The third-order valence-electron chi connectivity index (χ3n) is 3.32. The zero-order chi connectivity index (χ0) is 18.2. The summed E-state index contributed by atoms with van der Waals surface area (Å²) >= 11 is 1.44. The summed E-state index contributed by atoms with van der Waals surface area (Å²) in [5.41, 5.74) is 1.48. The number of benzene rings is 2. The predicted molar refractivity (Wildman–Crippen MR) is 89.4 cm³/mol. The Bertz CT molecular complexity index is 1050. The average Bonchev–Trinajstić information content (AvgIpc) is 2.99. The Morgan fingerprint density at radius 2 is 1.84 bits per heavy atom. The van der Waals surface area contributed by atoms with E-state index in [4.69, 9.17) is 0 Å². The van der Waals surface area contributed by atoms with Gasteiger partial charge in [-0.1, -0.05) is 12.1 Å². The summed E-state index contributed by atoms with van der Waals surface area (Å²) in [6, 6.07) is 7.54. The molecule has 3 aromatic rings. The maximum Gasteiger partial charge on any atom is 0.264 e. The van der Waals surface area contributed by atoms with E-state index < -0.39 is 32.4 Å². The molecular weight excluding hydrogens is 373 g/mol. The molecule has 1 N–H and O–H groups in total. The highest BCUT2D eigenvalue weighted by atomic mass is 32.2. The predicted octanol–water partition coefficient (Wildman–Crippen LogP) is 4.34. The van der Waals surface area contributed by atoms with Crippen LogP contribution in [0.3, 0.4) is 0 Å². The van der Waals surface area contributed by atoms with Gasteiger partial charge in [0.15, 0.2) is 17.5 Å². The molecule has 1 heterocycles. The summed E-state index contributed by atoms with van der Waals surface area (Å²) in [6.45, 7) is 1.84. The van der Waals surface area contributed by atoms with E-state index in [1.165, 1.54) is 23.5 Å². The van der Waals surface area contributed by atoms with Crippen molar-refractivity contribution in [1.82, 2.24) is 4.98 Å². The van der Waals surface area contributed by atoms with Gasteiger partial charge in [-0.3, -0.25) is 4.72 Å². The zero-order valence-electron chi connectivity index (χ0n) is 12.8. The normalized spacial score (nSPS) is 11.5. The van der Waals surface area contributed by atoms with Gasteiger partial charge >= 0.3 is 0 Å². The Morgan fingerprint density at radius 1 is 1.08 bits per heavy atom. The number of rotatable bonds is 4. The summed E-state index contributed by atoms with van der Waals surface area (Å²) < 4.78 is 66.8. The highest BCUT2D eigenvalue weighted by Crippen LogP contribution is 2.26. The van der Waals surface area contributed by atoms with Crippen LogP contribution < -0.4 is 4.72 Å². The minimum absolute atomic E-state index is 0.146. The number of aromatic nitrogens is 1. The van der Waals surface area contributed by atoms with E-state index in [1.54, 1.807) is 12.1 Å². The van der Waals surface area contributed by atoms with Crippen molar-refractivity contribution in [2.45, 2.75) is 11.8 Å². The monoisotopic (exact) mass is 384 g/mol. The Kier molecular flexibility index (Phi) is 4.53. The van der Waals surface area contributed by atoms with Gasteiger partial charge in [-0.25, -0.2) is 26.6 Å². The first-order chi connectivity index (χ1) is 11.8. The van der Waals surface area contributed by atoms with Crippen LogP contribution in [0, 0.1) is 24.4 Å². The lowest BCUT2D eigenvalue weighted by Crippen LogP contribution is -2.15. The molecule has 130 valence electrons. The van der Waals surface area contributed by atoms with Crippen molar-refractivity contribution in [2.75, 3.05) is 4.72 Å². The van der Waals surface area contributed by atoms with Crippen LogP contribution >= 0.6 is 11.3 Å². The van der Waals surface area contributed by atoms with Crippen molar-refractivity contribution in [1.29, 1.82) is 0 Å². The summed E-state index contributed by atoms with van der Waals surface area (Å²) in [5.74, 6) is -5.06. The third kappa shape index (κ3) is 3.52. The van der Waals surface area contributed by atoms with Gasteiger partial charge in [-0.2, -0.15) is 0 Å². The molecule has 0 fully saturated rings. The second-order valence-electron chi connectivity index (χ2n) is 5.11. The van der Waals surface area contributed by atoms with Gasteiger partial charge in [0.2, 0.25) is 0 Å². The lowest BCUT2D eigenvalue weighted by Gasteiger charge is -2.10. The van der Waals surface area contributed by atoms with Crippen LogP contribution in [-0.4, -0.2) is 13.4 Å². The number of hydrogen-bond acceptors (Lipinski definition) is 4. The molecule has 0 aliphatic heterocycles. The molecule has 0 saturated heterocycles. The minimum atomic E-state index is -4.43. The van der Waals surface area contributed by atoms with E-state index in [-0.39, 0.29) is 5.69 Å². The molecule has 1 aromatic heterocycles. The van der Waals surface area contributed by atoms with Gasteiger partial charge in [-0.15, -0.1) is 11.3 Å². The Labute approximate surface area is 146 Å². The van der Waals surface area contributed by atoms with Gasteiger partial charge in [0.05, 0.1) is 10.7 Å². The first-order valence-corrected chi connectivity index (χ1v) is 9.33. The molecule has 0 aliphatic rings. The second-order valence-corrected chi connectivity index (χ2v) is 7.82. The fourth-order valence-electron chi connectivity index (χ4n) is 2.16. The summed E-state index contributed by atoms with van der Waals surface area (Å²) in [4.78, 5) is 3.33. The third-order valence-corrected chi connectivity index (χ3v) is 5.49. The Balaban J connectivity index is 1.95. The largest absolute Gasteiger partial charge is 0.280 e. The first kappa shape index (κ1) is 17.4. The maximum atomic E-state index is 13.8. The second kappa shape index (κ2) is 6.49. The van der Waals surface area contributed by atoms with E-state index >= 15 is 0 Å². The number of hydrogen-bond donors (Lipinski definition) is 1. The standard InChI is InChI=1S/C16H11F3N2O2S2/c1-9-20-13(8-24-9)10-3-2-4-11(7-10)21-25(22,23)14-6-5-12(17)15(18)16(14)19/h2-8,21H,1H3. The topological polar surface area (TPSA) is 59.1 Å². The molecule has 25 heavy (non-hydrogen) atoms. The fraction of sp³-hybridized carbons (Fsp3) is 0.0625. The molecule has 0 aliphatic carbocycles. The van der Waals surface area contributed by atoms with E-state index in [1.807, 2.05) is 12.3 Å². The number of nitrogens with zero attached hydrogens (tertiary/aromatic N) is 1. The molecule has 0 saturated carbocycles. The van der Waals surface area contributed by atoms with Crippen LogP contribution in [0.4, 0.5) is 18.9 Å². The summed E-state index contributed by atoms with van der Waals surface area (Å²) in [7, 11) is -4.43. The van der Waals surface area contributed by atoms with Crippen LogP contribution in [-0.2, 0) is 10.0 Å². The number of sulfonamides is 1. The van der Waals surface area contributed by atoms with Crippen molar-refractivity contribution >= 4 is 27.0 Å². The van der Waals surface area contributed by atoms with Crippen LogP contribution in [0.2, 0.25) is 0 Å². The van der Waals surface area contributed by atoms with Crippen LogP contribution in [0.15, 0.2) is 46.7 Å². The van der Waals surface area contributed by atoms with Gasteiger partial charge in [-0.05, 0) is 31.2 Å². The lowest BCUT2D eigenvalue weighted by atomic mass is 10.1. The molecular formula is C16H11F3N2O2S2.